The standard InChI is InChI=1S/C16H12N.C15H19.C3H6.2ClH.Zr/c1-17-15-9-5-4-8-13(15)14-10-11-6-2-3-7-12(11)16(14)17;1-2-4-14(3-1)15-8-11-5-12(9-15)7-13(6-11)10-15;1-3-2;;;/h2-10H,1H3;3-4,11-13H,1,5-10H2;1-2H3;2*1H;/q2*-1;;;;+2/p-2. The number of aromatic nitrogens is 1. The van der Waals surface area contributed by atoms with Crippen LogP contribution < -0.4 is 24.8 Å². The van der Waals surface area contributed by atoms with E-state index in [2.05, 4.69) is 98.3 Å². The molecule has 4 fully saturated rings. The number of fused-ring (bicyclic) bond motifs is 5. The number of nitrogens with zero attached hydrogens (tertiary/aromatic N) is 1. The third kappa shape index (κ3) is 5.48. The van der Waals surface area contributed by atoms with Crippen molar-refractivity contribution < 1.29 is 49.0 Å². The van der Waals surface area contributed by atoms with Crippen LogP contribution in [0.4, 0.5) is 0 Å². The Labute approximate surface area is 255 Å². The number of halogens is 2. The summed E-state index contributed by atoms with van der Waals surface area (Å²) in [5, 5.41) is 5.39. The summed E-state index contributed by atoms with van der Waals surface area (Å²) in [5.41, 5.74) is 4.95. The van der Waals surface area contributed by atoms with Crippen LogP contribution in [0.15, 0.2) is 72.3 Å². The molecule has 0 saturated heterocycles. The summed E-state index contributed by atoms with van der Waals surface area (Å²) in [6, 6.07) is 19.5. The topological polar surface area (TPSA) is 4.93 Å². The van der Waals surface area contributed by atoms with Gasteiger partial charge in [-0.1, -0.05) is 77.2 Å². The molecule has 1 aromatic heterocycles. The van der Waals surface area contributed by atoms with Crippen LogP contribution in [0.25, 0.3) is 32.6 Å². The van der Waals surface area contributed by atoms with Crippen LogP contribution in [0.2, 0.25) is 0 Å². The molecule has 198 valence electrons. The van der Waals surface area contributed by atoms with E-state index < -0.39 is 0 Å². The van der Waals surface area contributed by atoms with E-state index in [0.717, 1.165) is 24.2 Å². The third-order valence-electron chi connectivity index (χ3n) is 9.01. The Morgan fingerprint density at radius 3 is 2.03 bits per heavy atom. The minimum Gasteiger partial charge on any atom is -1.00 e. The molecule has 0 spiro atoms. The molecule has 0 N–H and O–H groups in total. The van der Waals surface area contributed by atoms with E-state index in [0.29, 0.717) is 5.41 Å². The third-order valence-corrected chi connectivity index (χ3v) is 9.01. The van der Waals surface area contributed by atoms with Gasteiger partial charge in [0, 0.05) is 12.6 Å². The maximum atomic E-state index is 3.38. The number of allylic oxidation sites excluding steroid dienone is 4. The Morgan fingerprint density at radius 2 is 1.45 bits per heavy atom. The largest absolute Gasteiger partial charge is 1.00 e. The van der Waals surface area contributed by atoms with Crippen molar-refractivity contribution in [3.05, 3.63) is 78.4 Å². The van der Waals surface area contributed by atoms with E-state index in [1.165, 1.54) is 55.0 Å². The fraction of sp³-hybridized carbons (Fsp3) is 0.412. The SMILES string of the molecule is C[C](C)=[Zr+2].Cn1c2ccccc2c2[cH-]c3ccccc3c21.[C-]1=CC(C23CC4CC(CC(C4)C2)C3)=CC1.[Cl-].[Cl-]. The minimum atomic E-state index is 0. The molecule has 0 aliphatic heterocycles. The molecule has 5 aliphatic rings. The molecule has 0 amide bonds. The van der Waals surface area contributed by atoms with E-state index in [9.17, 15) is 0 Å². The maximum absolute atomic E-state index is 3.38. The first-order valence-corrected chi connectivity index (χ1v) is 15.0. The molecule has 38 heavy (non-hydrogen) atoms. The quantitative estimate of drug-likeness (QED) is 0.289. The number of benzene rings is 2. The first-order valence-electron chi connectivity index (χ1n) is 13.7. The zero-order valence-corrected chi connectivity index (χ0v) is 26.7. The fourth-order valence-corrected chi connectivity index (χ4v) is 8.12. The molecule has 3 aromatic carbocycles. The first-order chi connectivity index (χ1) is 17.4. The number of rotatable bonds is 1. The molecule has 0 atom stereocenters. The van der Waals surface area contributed by atoms with Crippen LogP contribution in [0.3, 0.4) is 0 Å². The van der Waals surface area contributed by atoms with Crippen LogP contribution in [-0.4, -0.2) is 7.77 Å². The Bertz CT molecular complexity index is 1460. The zero-order valence-electron chi connectivity index (χ0n) is 22.7. The van der Waals surface area contributed by atoms with E-state index in [1.807, 2.05) is 0 Å². The second kappa shape index (κ2) is 12.0. The summed E-state index contributed by atoms with van der Waals surface area (Å²) in [7, 11) is 2.15. The summed E-state index contributed by atoms with van der Waals surface area (Å²) in [4.78, 5) is 0. The molecule has 4 bridgehead atoms. The smallest absolute Gasteiger partial charge is 0.00712 e. The molecule has 0 unspecified atom stereocenters. The van der Waals surface area contributed by atoms with Gasteiger partial charge in [-0.2, -0.15) is 11.6 Å². The predicted molar refractivity (Wildman–Crippen MR) is 151 cm³/mol. The molecule has 4 aromatic rings. The summed E-state index contributed by atoms with van der Waals surface area (Å²) in [5.74, 6) is 3.23. The Hall–Kier alpha value is -1.34. The number of para-hydroxylation sites is 1. The van der Waals surface area contributed by atoms with Crippen molar-refractivity contribution in [3.63, 3.8) is 0 Å². The van der Waals surface area contributed by atoms with E-state index >= 15 is 0 Å². The molecule has 1 nitrogen and oxygen atoms in total. The van der Waals surface area contributed by atoms with Crippen molar-refractivity contribution >= 4 is 35.8 Å². The average molecular weight is 622 g/mol. The van der Waals surface area contributed by atoms with E-state index in [4.69, 9.17) is 0 Å². The predicted octanol–water partition coefficient (Wildman–Crippen LogP) is 2.85. The van der Waals surface area contributed by atoms with Gasteiger partial charge in [-0.25, -0.2) is 6.08 Å². The van der Waals surface area contributed by atoms with Crippen LogP contribution in [0.5, 0.6) is 0 Å². The summed E-state index contributed by atoms with van der Waals surface area (Å²) in [6.45, 7) is 4.25. The van der Waals surface area contributed by atoms with Gasteiger partial charge in [0.05, 0.1) is 0 Å². The second-order valence-corrected chi connectivity index (χ2v) is 14.4. The molecular formula is C34H37Cl2NZr-2. The Morgan fingerprint density at radius 1 is 0.895 bits per heavy atom. The molecule has 1 heterocycles. The van der Waals surface area contributed by atoms with Crippen LogP contribution in [-0.2, 0) is 31.3 Å². The van der Waals surface area contributed by atoms with Crippen molar-refractivity contribution in [1.29, 1.82) is 0 Å². The number of aryl methyl sites for hydroxylation is 1. The van der Waals surface area contributed by atoms with E-state index in [1.54, 1.807) is 49.1 Å². The van der Waals surface area contributed by atoms with Crippen molar-refractivity contribution in [3.8, 4) is 0 Å². The first kappa shape index (κ1) is 29.6. The molecular weight excluding hydrogens is 585 g/mol. The van der Waals surface area contributed by atoms with Gasteiger partial charge in [-0.05, 0) is 48.6 Å². The molecule has 4 saturated carbocycles. The molecule has 5 aliphatic carbocycles. The average Bonchev–Trinajstić information content (AvgIpc) is 3.57. The molecule has 9 rings (SSSR count). The van der Waals surface area contributed by atoms with E-state index in [-0.39, 0.29) is 24.8 Å². The summed E-state index contributed by atoms with van der Waals surface area (Å²) < 4.78 is 3.81. The van der Waals surface area contributed by atoms with Gasteiger partial charge in [-0.3, -0.25) is 6.08 Å². The van der Waals surface area contributed by atoms with Gasteiger partial charge in [-0.15, -0.1) is 23.9 Å². The number of hydrogen-bond donors (Lipinski definition) is 0. The maximum Gasteiger partial charge on any atom is 0.00712 e. The van der Waals surface area contributed by atoms with Gasteiger partial charge in [0.2, 0.25) is 0 Å². The van der Waals surface area contributed by atoms with Gasteiger partial charge < -0.3 is 29.4 Å². The van der Waals surface area contributed by atoms with Crippen LogP contribution >= 0.6 is 0 Å². The molecule has 4 heteroatoms. The summed E-state index contributed by atoms with van der Waals surface area (Å²) >= 11 is 1.55. The van der Waals surface area contributed by atoms with Gasteiger partial charge >= 0.3 is 41.3 Å². The van der Waals surface area contributed by atoms with Gasteiger partial charge in [0.25, 0.3) is 0 Å². The van der Waals surface area contributed by atoms with Gasteiger partial charge in [0.15, 0.2) is 0 Å². The van der Waals surface area contributed by atoms with Crippen LogP contribution in [0.1, 0.15) is 58.8 Å². The molecule has 0 radical (unpaired) electrons. The summed E-state index contributed by atoms with van der Waals surface area (Å²) in [6.07, 6.45) is 18.4. The van der Waals surface area contributed by atoms with Crippen LogP contribution in [0, 0.1) is 29.2 Å². The Balaban J connectivity index is 0.000000150. The fourth-order valence-electron chi connectivity index (χ4n) is 8.12. The minimum absolute atomic E-state index is 0. The normalized spacial score (nSPS) is 26.2. The zero-order chi connectivity index (χ0) is 24.9. The van der Waals surface area contributed by atoms with Crippen molar-refractivity contribution in [2.24, 2.45) is 30.2 Å². The van der Waals surface area contributed by atoms with Crippen molar-refractivity contribution in [2.45, 2.75) is 58.8 Å². The number of hydrogen-bond acceptors (Lipinski definition) is 0. The monoisotopic (exact) mass is 619 g/mol. The van der Waals surface area contributed by atoms with Crippen molar-refractivity contribution in [2.75, 3.05) is 0 Å². The Kier molecular flexibility index (Phi) is 9.39. The second-order valence-electron chi connectivity index (χ2n) is 12.0. The van der Waals surface area contributed by atoms with Gasteiger partial charge in [0.1, 0.15) is 0 Å². The van der Waals surface area contributed by atoms with Crippen molar-refractivity contribution in [1.82, 2.24) is 4.57 Å².